The molecule has 1 heterocycles. The van der Waals surface area contributed by atoms with Crippen LogP contribution in [-0.4, -0.2) is 21.0 Å². The summed E-state index contributed by atoms with van der Waals surface area (Å²) in [4.78, 5) is 37.2. The first-order valence-electron chi connectivity index (χ1n) is 8.02. The quantitative estimate of drug-likeness (QED) is 0.435. The lowest BCUT2D eigenvalue weighted by atomic mass is 10.0. The van der Waals surface area contributed by atoms with E-state index in [1.807, 2.05) is 0 Å². The number of H-pyrrole nitrogens is 1. The highest BCUT2D eigenvalue weighted by Crippen LogP contribution is 2.20. The van der Waals surface area contributed by atoms with Gasteiger partial charge in [-0.2, -0.15) is 0 Å². The van der Waals surface area contributed by atoms with Crippen LogP contribution < -0.4 is 5.43 Å². The van der Waals surface area contributed by atoms with Crippen LogP contribution in [0.5, 0.6) is 0 Å². The molecule has 2 rings (SSSR count). The van der Waals surface area contributed by atoms with E-state index < -0.39 is 16.3 Å². The number of carboxylic acid groups (broad SMARTS) is 1. The van der Waals surface area contributed by atoms with E-state index in [0.29, 0.717) is 17.6 Å². The number of nitrogens with zero attached hydrogens (tertiary/aromatic N) is 1. The average Bonchev–Trinajstić information content (AvgIpc) is 2.54. The van der Waals surface area contributed by atoms with Crippen molar-refractivity contribution >= 4 is 22.6 Å². The Hall–Kier alpha value is -2.70. The van der Waals surface area contributed by atoms with Crippen LogP contribution in [0.1, 0.15) is 55.1 Å². The first-order chi connectivity index (χ1) is 11.5. The Labute approximate surface area is 138 Å². The minimum Gasteiger partial charge on any atom is -0.477 e. The molecule has 0 aliphatic carbocycles. The number of carboxylic acids is 1. The molecule has 0 saturated heterocycles. The topological polar surface area (TPSA) is 113 Å². The summed E-state index contributed by atoms with van der Waals surface area (Å²) in [6, 6.07) is 3.86. The summed E-state index contributed by atoms with van der Waals surface area (Å²) in [5.41, 5.74) is -0.442. The lowest BCUT2D eigenvalue weighted by Crippen LogP contribution is -2.20. The first kappa shape index (κ1) is 17.7. The van der Waals surface area contributed by atoms with Gasteiger partial charge in [0.1, 0.15) is 5.56 Å². The van der Waals surface area contributed by atoms with E-state index in [-0.39, 0.29) is 16.6 Å². The van der Waals surface area contributed by atoms with Crippen molar-refractivity contribution in [3.8, 4) is 0 Å². The smallest absolute Gasteiger partial charge is 0.341 e. The third kappa shape index (κ3) is 3.79. The number of carbonyl (C=O) groups is 1. The number of nitrogens with one attached hydrogen (secondary N) is 1. The second kappa shape index (κ2) is 7.72. The third-order valence-electron chi connectivity index (χ3n) is 4.02. The number of nitro groups is 1. The molecule has 0 aliphatic rings. The summed E-state index contributed by atoms with van der Waals surface area (Å²) in [7, 11) is 0. The highest BCUT2D eigenvalue weighted by molar-refractivity contribution is 5.94. The van der Waals surface area contributed by atoms with E-state index in [0.717, 1.165) is 38.2 Å². The first-order valence-corrected chi connectivity index (χ1v) is 8.02. The molecule has 7 nitrogen and oxygen atoms in total. The van der Waals surface area contributed by atoms with Crippen molar-refractivity contribution < 1.29 is 14.8 Å². The number of hydrogen-bond acceptors (Lipinski definition) is 4. The Balaban J connectivity index is 2.42. The SMILES string of the molecule is CCCCCCCc1[nH]c2ccc([N+](=O)[O-])cc2c(=O)c1C(=O)O. The number of non-ortho nitro benzene ring substituents is 1. The molecule has 24 heavy (non-hydrogen) atoms. The average molecular weight is 332 g/mol. The molecule has 7 heteroatoms. The lowest BCUT2D eigenvalue weighted by Gasteiger charge is -2.09. The number of fused-ring (bicyclic) bond motifs is 1. The van der Waals surface area contributed by atoms with E-state index in [1.54, 1.807) is 0 Å². The van der Waals surface area contributed by atoms with Crippen molar-refractivity contribution in [2.24, 2.45) is 0 Å². The maximum Gasteiger partial charge on any atom is 0.341 e. The van der Waals surface area contributed by atoms with Gasteiger partial charge >= 0.3 is 5.97 Å². The van der Waals surface area contributed by atoms with Crippen molar-refractivity contribution in [2.45, 2.75) is 45.4 Å². The summed E-state index contributed by atoms with van der Waals surface area (Å²) >= 11 is 0. The summed E-state index contributed by atoms with van der Waals surface area (Å²) in [5, 5.41) is 20.2. The normalized spacial score (nSPS) is 10.9. The fourth-order valence-corrected chi connectivity index (χ4v) is 2.76. The zero-order valence-electron chi connectivity index (χ0n) is 13.5. The zero-order valence-corrected chi connectivity index (χ0v) is 13.5. The Kier molecular flexibility index (Phi) is 5.68. The van der Waals surface area contributed by atoms with Crippen LogP contribution in [0.4, 0.5) is 5.69 Å². The van der Waals surface area contributed by atoms with Gasteiger partial charge in [-0.05, 0) is 18.9 Å². The van der Waals surface area contributed by atoms with E-state index in [4.69, 9.17) is 0 Å². The molecule has 0 bridgehead atoms. The van der Waals surface area contributed by atoms with Crippen molar-refractivity contribution in [1.29, 1.82) is 0 Å². The van der Waals surface area contributed by atoms with Crippen LogP contribution in [0.25, 0.3) is 10.9 Å². The molecule has 0 aliphatic heterocycles. The number of hydrogen-bond donors (Lipinski definition) is 2. The van der Waals surface area contributed by atoms with Gasteiger partial charge < -0.3 is 10.1 Å². The largest absolute Gasteiger partial charge is 0.477 e. The Morgan fingerprint density at radius 3 is 2.58 bits per heavy atom. The van der Waals surface area contributed by atoms with Gasteiger partial charge in [0.15, 0.2) is 0 Å². The van der Waals surface area contributed by atoms with Gasteiger partial charge in [0.2, 0.25) is 5.43 Å². The van der Waals surface area contributed by atoms with Crippen LogP contribution in [-0.2, 0) is 6.42 Å². The molecule has 0 saturated carbocycles. The van der Waals surface area contributed by atoms with Gasteiger partial charge in [-0.1, -0.05) is 32.6 Å². The molecule has 2 N–H and O–H groups in total. The number of benzene rings is 1. The molecule has 0 spiro atoms. The van der Waals surface area contributed by atoms with Crippen molar-refractivity contribution in [3.63, 3.8) is 0 Å². The molecule has 0 amide bonds. The van der Waals surface area contributed by atoms with E-state index >= 15 is 0 Å². The van der Waals surface area contributed by atoms with E-state index in [2.05, 4.69) is 11.9 Å². The Bertz CT molecular complexity index is 826. The molecular weight excluding hydrogens is 312 g/mol. The number of aromatic nitrogens is 1. The van der Waals surface area contributed by atoms with Crippen molar-refractivity contribution in [3.05, 3.63) is 49.8 Å². The number of rotatable bonds is 8. The van der Waals surface area contributed by atoms with Crippen molar-refractivity contribution in [1.82, 2.24) is 4.98 Å². The number of aromatic amines is 1. The van der Waals surface area contributed by atoms with Gasteiger partial charge in [0.25, 0.3) is 5.69 Å². The van der Waals surface area contributed by atoms with Crippen LogP contribution in [0.3, 0.4) is 0 Å². The zero-order chi connectivity index (χ0) is 17.7. The molecule has 0 atom stereocenters. The van der Waals surface area contributed by atoms with Crippen LogP contribution in [0.2, 0.25) is 0 Å². The molecule has 0 radical (unpaired) electrons. The fraction of sp³-hybridized carbons (Fsp3) is 0.412. The highest BCUT2D eigenvalue weighted by atomic mass is 16.6. The lowest BCUT2D eigenvalue weighted by molar-refractivity contribution is -0.384. The summed E-state index contributed by atoms with van der Waals surface area (Å²) < 4.78 is 0. The molecular formula is C17H20N2O5. The van der Waals surface area contributed by atoms with Gasteiger partial charge in [-0.15, -0.1) is 0 Å². The molecule has 0 unspecified atom stereocenters. The van der Waals surface area contributed by atoms with Crippen LogP contribution in [0.15, 0.2) is 23.0 Å². The summed E-state index contributed by atoms with van der Waals surface area (Å²) in [5.74, 6) is -1.31. The maximum absolute atomic E-state index is 12.5. The molecule has 2 aromatic rings. The molecule has 1 aromatic carbocycles. The van der Waals surface area contributed by atoms with Gasteiger partial charge in [-0.25, -0.2) is 4.79 Å². The van der Waals surface area contributed by atoms with E-state index in [9.17, 15) is 24.8 Å². The number of aryl methyl sites for hydroxylation is 1. The molecule has 0 fully saturated rings. The number of aromatic carboxylic acids is 1. The second-order valence-corrected chi connectivity index (χ2v) is 5.76. The standard InChI is InChI=1S/C17H20N2O5/c1-2-3-4-5-6-7-14-15(17(21)22)16(20)12-10-11(19(23)24)8-9-13(12)18-14/h8-10H,2-7H2,1H3,(H,18,20)(H,21,22). The van der Waals surface area contributed by atoms with Gasteiger partial charge in [-0.3, -0.25) is 14.9 Å². The third-order valence-corrected chi connectivity index (χ3v) is 4.02. The minimum absolute atomic E-state index is 0.0244. The Morgan fingerprint density at radius 1 is 1.25 bits per heavy atom. The second-order valence-electron chi connectivity index (χ2n) is 5.76. The van der Waals surface area contributed by atoms with Crippen LogP contribution in [0, 0.1) is 10.1 Å². The summed E-state index contributed by atoms with van der Waals surface area (Å²) in [6.07, 6.45) is 5.54. The number of pyridine rings is 1. The minimum atomic E-state index is -1.31. The van der Waals surface area contributed by atoms with Crippen molar-refractivity contribution in [2.75, 3.05) is 0 Å². The predicted molar refractivity (Wildman–Crippen MR) is 90.6 cm³/mol. The molecule has 1 aromatic heterocycles. The van der Waals surface area contributed by atoms with Gasteiger partial charge in [0.05, 0.1) is 15.8 Å². The van der Waals surface area contributed by atoms with E-state index in [1.165, 1.54) is 12.1 Å². The fourth-order valence-electron chi connectivity index (χ4n) is 2.76. The molecule has 128 valence electrons. The monoisotopic (exact) mass is 332 g/mol. The summed E-state index contributed by atoms with van der Waals surface area (Å²) in [6.45, 7) is 2.11. The highest BCUT2D eigenvalue weighted by Gasteiger charge is 2.19. The predicted octanol–water partition coefficient (Wildman–Crippen LogP) is 3.65. The maximum atomic E-state index is 12.5. The Morgan fingerprint density at radius 2 is 1.96 bits per heavy atom. The van der Waals surface area contributed by atoms with Gasteiger partial charge in [0, 0.05) is 17.8 Å². The van der Waals surface area contributed by atoms with Crippen LogP contribution >= 0.6 is 0 Å². The number of nitro benzene ring substituents is 1. The number of unbranched alkanes of at least 4 members (excludes halogenated alkanes) is 4.